The minimum Gasteiger partial charge on any atom is -0.490 e. The molecule has 5 nitrogen and oxygen atoms in total. The number of fused-ring (bicyclic) bond motifs is 1. The molecule has 2 rings (SSSR count). The van der Waals surface area contributed by atoms with Gasteiger partial charge in [-0.25, -0.2) is 0 Å². The Morgan fingerprint density at radius 1 is 1.39 bits per heavy atom. The van der Waals surface area contributed by atoms with Crippen molar-refractivity contribution < 1.29 is 14.3 Å². The molecule has 1 aliphatic rings. The SMILES string of the molecule is CCCN1C(=O)C(C)(C)COc2ccc(NC(=O)C(C)C)cc21. The van der Waals surface area contributed by atoms with Crippen molar-refractivity contribution in [1.29, 1.82) is 0 Å². The van der Waals surface area contributed by atoms with Crippen molar-refractivity contribution in [3.63, 3.8) is 0 Å². The Balaban J connectivity index is 2.40. The molecule has 0 aromatic heterocycles. The van der Waals surface area contributed by atoms with E-state index in [1.807, 2.05) is 52.8 Å². The molecular formula is C18H26N2O3. The Labute approximate surface area is 138 Å². The highest BCUT2D eigenvalue weighted by atomic mass is 16.5. The molecule has 0 atom stereocenters. The Bertz CT molecular complexity index is 608. The van der Waals surface area contributed by atoms with Gasteiger partial charge in [-0.2, -0.15) is 0 Å². The molecule has 5 heteroatoms. The fourth-order valence-electron chi connectivity index (χ4n) is 2.45. The molecular weight excluding hydrogens is 292 g/mol. The zero-order valence-corrected chi connectivity index (χ0v) is 14.6. The molecule has 0 saturated carbocycles. The van der Waals surface area contributed by atoms with E-state index < -0.39 is 5.41 Å². The highest BCUT2D eigenvalue weighted by molar-refractivity contribution is 6.00. The first-order valence-corrected chi connectivity index (χ1v) is 8.16. The molecule has 1 N–H and O–H groups in total. The van der Waals surface area contributed by atoms with Gasteiger partial charge in [0.2, 0.25) is 11.8 Å². The van der Waals surface area contributed by atoms with Crippen LogP contribution in [0.3, 0.4) is 0 Å². The zero-order valence-electron chi connectivity index (χ0n) is 14.6. The van der Waals surface area contributed by atoms with Gasteiger partial charge in [0.05, 0.1) is 11.1 Å². The summed E-state index contributed by atoms with van der Waals surface area (Å²) >= 11 is 0. The van der Waals surface area contributed by atoms with Gasteiger partial charge in [-0.1, -0.05) is 20.8 Å². The number of carbonyl (C=O) groups is 2. The van der Waals surface area contributed by atoms with E-state index in [1.54, 1.807) is 4.90 Å². The van der Waals surface area contributed by atoms with Crippen molar-refractivity contribution in [1.82, 2.24) is 0 Å². The summed E-state index contributed by atoms with van der Waals surface area (Å²) in [6, 6.07) is 5.46. The van der Waals surface area contributed by atoms with Crippen LogP contribution in [0, 0.1) is 11.3 Å². The average Bonchev–Trinajstić information content (AvgIpc) is 2.58. The van der Waals surface area contributed by atoms with E-state index in [-0.39, 0.29) is 17.7 Å². The predicted molar refractivity (Wildman–Crippen MR) is 91.8 cm³/mol. The predicted octanol–water partition coefficient (Wildman–Crippen LogP) is 3.44. The molecule has 1 aromatic rings. The lowest BCUT2D eigenvalue weighted by atomic mass is 9.93. The van der Waals surface area contributed by atoms with Gasteiger partial charge in [0.25, 0.3) is 0 Å². The van der Waals surface area contributed by atoms with Crippen LogP contribution in [0.5, 0.6) is 5.75 Å². The van der Waals surface area contributed by atoms with E-state index in [2.05, 4.69) is 5.32 Å². The van der Waals surface area contributed by atoms with E-state index in [1.165, 1.54) is 0 Å². The Morgan fingerprint density at radius 3 is 2.70 bits per heavy atom. The van der Waals surface area contributed by atoms with Crippen LogP contribution in [0.25, 0.3) is 0 Å². The Morgan fingerprint density at radius 2 is 2.09 bits per heavy atom. The molecule has 23 heavy (non-hydrogen) atoms. The number of anilines is 2. The van der Waals surface area contributed by atoms with Crippen LogP contribution < -0.4 is 15.0 Å². The summed E-state index contributed by atoms with van der Waals surface area (Å²) < 4.78 is 5.84. The number of nitrogens with one attached hydrogen (secondary N) is 1. The number of hydrogen-bond donors (Lipinski definition) is 1. The standard InChI is InChI=1S/C18H26N2O3/c1-6-9-20-14-10-13(19-16(21)12(2)3)7-8-15(14)23-11-18(4,5)17(20)22/h7-8,10,12H,6,9,11H2,1-5H3,(H,19,21). The van der Waals surface area contributed by atoms with Crippen molar-refractivity contribution >= 4 is 23.2 Å². The molecule has 0 aliphatic carbocycles. The van der Waals surface area contributed by atoms with E-state index in [9.17, 15) is 9.59 Å². The molecule has 1 aromatic carbocycles. The van der Waals surface area contributed by atoms with Crippen molar-refractivity contribution in [2.24, 2.45) is 11.3 Å². The lowest BCUT2D eigenvalue weighted by molar-refractivity contribution is -0.127. The maximum Gasteiger partial charge on any atom is 0.236 e. The smallest absolute Gasteiger partial charge is 0.236 e. The largest absolute Gasteiger partial charge is 0.490 e. The van der Waals surface area contributed by atoms with Crippen LogP contribution >= 0.6 is 0 Å². The van der Waals surface area contributed by atoms with Crippen LogP contribution in [0.15, 0.2) is 18.2 Å². The minimum atomic E-state index is -0.574. The van der Waals surface area contributed by atoms with Gasteiger partial charge in [0.15, 0.2) is 0 Å². The van der Waals surface area contributed by atoms with Crippen molar-refractivity contribution in [3.05, 3.63) is 18.2 Å². The first kappa shape index (κ1) is 17.3. The maximum absolute atomic E-state index is 12.8. The molecule has 0 fully saturated rings. The normalized spacial score (nSPS) is 16.6. The molecule has 0 spiro atoms. The van der Waals surface area contributed by atoms with E-state index in [0.29, 0.717) is 24.6 Å². The summed E-state index contributed by atoms with van der Waals surface area (Å²) in [7, 11) is 0. The van der Waals surface area contributed by atoms with Gasteiger partial charge in [-0.3, -0.25) is 9.59 Å². The number of hydrogen-bond acceptors (Lipinski definition) is 3. The van der Waals surface area contributed by atoms with Crippen LogP contribution in [0.1, 0.15) is 41.0 Å². The van der Waals surface area contributed by atoms with Crippen LogP contribution in [0.2, 0.25) is 0 Å². The number of carbonyl (C=O) groups excluding carboxylic acids is 2. The van der Waals surface area contributed by atoms with Crippen LogP contribution in [0.4, 0.5) is 11.4 Å². The van der Waals surface area contributed by atoms with Crippen molar-refractivity contribution in [3.8, 4) is 5.75 Å². The lowest BCUT2D eigenvalue weighted by Gasteiger charge is -2.28. The van der Waals surface area contributed by atoms with Gasteiger partial charge < -0.3 is 15.0 Å². The highest BCUT2D eigenvalue weighted by Gasteiger charge is 2.37. The monoisotopic (exact) mass is 318 g/mol. The topological polar surface area (TPSA) is 58.6 Å². The quantitative estimate of drug-likeness (QED) is 0.925. The molecule has 0 radical (unpaired) electrons. The summed E-state index contributed by atoms with van der Waals surface area (Å²) in [6.45, 7) is 10.5. The van der Waals surface area contributed by atoms with Gasteiger partial charge in [0.1, 0.15) is 12.4 Å². The summed E-state index contributed by atoms with van der Waals surface area (Å²) in [4.78, 5) is 26.5. The number of rotatable bonds is 4. The van der Waals surface area contributed by atoms with Crippen molar-refractivity contribution in [2.45, 2.75) is 41.0 Å². The molecule has 2 amide bonds. The summed E-state index contributed by atoms with van der Waals surface area (Å²) in [5.41, 5.74) is 0.832. The molecule has 0 unspecified atom stereocenters. The molecule has 0 bridgehead atoms. The summed E-state index contributed by atoms with van der Waals surface area (Å²) in [5, 5.41) is 2.88. The zero-order chi connectivity index (χ0) is 17.2. The number of benzene rings is 1. The minimum absolute atomic E-state index is 0.0467. The van der Waals surface area contributed by atoms with Gasteiger partial charge in [-0.15, -0.1) is 0 Å². The second-order valence-corrected chi connectivity index (χ2v) is 6.96. The van der Waals surface area contributed by atoms with E-state index >= 15 is 0 Å². The van der Waals surface area contributed by atoms with Gasteiger partial charge in [-0.05, 0) is 38.5 Å². The van der Waals surface area contributed by atoms with Gasteiger partial charge in [0, 0.05) is 18.2 Å². The van der Waals surface area contributed by atoms with Crippen LogP contribution in [-0.2, 0) is 9.59 Å². The number of ether oxygens (including phenoxy) is 1. The second-order valence-electron chi connectivity index (χ2n) is 6.96. The first-order valence-electron chi connectivity index (χ1n) is 8.16. The third-order valence-corrected chi connectivity index (χ3v) is 3.90. The molecule has 1 aliphatic heterocycles. The lowest BCUT2D eigenvalue weighted by Crippen LogP contribution is -2.42. The van der Waals surface area contributed by atoms with E-state index in [0.717, 1.165) is 12.1 Å². The van der Waals surface area contributed by atoms with Gasteiger partial charge >= 0.3 is 0 Å². The first-order chi connectivity index (χ1) is 10.8. The van der Waals surface area contributed by atoms with Crippen molar-refractivity contribution in [2.75, 3.05) is 23.4 Å². The Hall–Kier alpha value is -2.04. The van der Waals surface area contributed by atoms with E-state index in [4.69, 9.17) is 4.74 Å². The summed E-state index contributed by atoms with van der Waals surface area (Å²) in [6.07, 6.45) is 0.851. The number of amides is 2. The molecule has 1 heterocycles. The fraction of sp³-hybridized carbons (Fsp3) is 0.556. The maximum atomic E-state index is 12.8. The second kappa shape index (κ2) is 6.60. The summed E-state index contributed by atoms with van der Waals surface area (Å²) in [5.74, 6) is 0.580. The Kier molecular flexibility index (Phi) is 4.97. The van der Waals surface area contributed by atoms with Crippen LogP contribution in [-0.4, -0.2) is 25.0 Å². The average molecular weight is 318 g/mol. The third kappa shape index (κ3) is 3.66. The molecule has 126 valence electrons. The molecule has 0 saturated heterocycles. The highest BCUT2D eigenvalue weighted by Crippen LogP contribution is 2.38. The third-order valence-electron chi connectivity index (χ3n) is 3.90. The fourth-order valence-corrected chi connectivity index (χ4v) is 2.45. The number of nitrogens with zero attached hydrogens (tertiary/aromatic N) is 1.